The normalized spacial score (nSPS) is 12.2. The monoisotopic (exact) mass is 347 g/mol. The second-order valence-electron chi connectivity index (χ2n) is 5.23. The van der Waals surface area contributed by atoms with Crippen LogP contribution in [0.4, 0.5) is 0 Å². The molecule has 0 heterocycles. The van der Waals surface area contributed by atoms with Gasteiger partial charge >= 0.3 is 0 Å². The number of aryl methyl sites for hydroxylation is 1. The zero-order valence-corrected chi connectivity index (χ0v) is 14.4. The maximum atomic E-state index is 6.14. The summed E-state index contributed by atoms with van der Waals surface area (Å²) in [6.07, 6.45) is 1.12. The smallest absolute Gasteiger partial charge is 0.132 e. The zero-order chi connectivity index (χ0) is 15.2. The minimum Gasteiger partial charge on any atom is -0.457 e. The summed E-state index contributed by atoms with van der Waals surface area (Å²) in [5, 5.41) is 3.52. The number of nitrogens with one attached hydrogen (secondary N) is 1. The van der Waals surface area contributed by atoms with Gasteiger partial charge in [-0.1, -0.05) is 41.1 Å². The molecule has 21 heavy (non-hydrogen) atoms. The fraction of sp³-hybridized carbons (Fsp3) is 0.333. The first-order valence-corrected chi connectivity index (χ1v) is 8.17. The summed E-state index contributed by atoms with van der Waals surface area (Å²) in [6.45, 7) is 7.40. The van der Waals surface area contributed by atoms with Gasteiger partial charge in [0.25, 0.3) is 0 Å². The number of halogens is 1. The van der Waals surface area contributed by atoms with E-state index < -0.39 is 0 Å². The highest BCUT2D eigenvalue weighted by Gasteiger charge is 2.13. The van der Waals surface area contributed by atoms with E-state index in [1.165, 1.54) is 5.56 Å². The van der Waals surface area contributed by atoms with Gasteiger partial charge in [-0.2, -0.15) is 0 Å². The van der Waals surface area contributed by atoms with Crippen LogP contribution in [0.3, 0.4) is 0 Å². The van der Waals surface area contributed by atoms with Crippen molar-refractivity contribution in [2.75, 3.05) is 6.54 Å². The summed E-state index contributed by atoms with van der Waals surface area (Å²) in [5.74, 6) is 1.81. The van der Waals surface area contributed by atoms with Gasteiger partial charge in [0, 0.05) is 16.1 Å². The maximum absolute atomic E-state index is 6.14. The van der Waals surface area contributed by atoms with Crippen LogP contribution in [0, 0.1) is 6.92 Å². The van der Waals surface area contributed by atoms with E-state index in [4.69, 9.17) is 4.74 Å². The van der Waals surface area contributed by atoms with Crippen LogP contribution in [0.25, 0.3) is 0 Å². The summed E-state index contributed by atoms with van der Waals surface area (Å²) in [6, 6.07) is 14.5. The fourth-order valence-corrected chi connectivity index (χ4v) is 2.59. The summed E-state index contributed by atoms with van der Waals surface area (Å²) < 4.78 is 7.20. The molecular weight excluding hydrogens is 326 g/mol. The molecule has 0 aliphatic rings. The lowest BCUT2D eigenvalue weighted by atomic mass is 10.1. The highest BCUT2D eigenvalue weighted by atomic mass is 79.9. The van der Waals surface area contributed by atoms with E-state index in [2.05, 4.69) is 54.2 Å². The fourth-order valence-electron chi connectivity index (χ4n) is 2.21. The Kier molecular flexibility index (Phi) is 5.83. The first kappa shape index (κ1) is 16.1. The Morgan fingerprint density at radius 1 is 1.14 bits per heavy atom. The Bertz CT molecular complexity index is 598. The molecule has 1 N–H and O–H groups in total. The van der Waals surface area contributed by atoms with Crippen molar-refractivity contribution in [2.45, 2.75) is 33.2 Å². The molecule has 2 nitrogen and oxygen atoms in total. The summed E-state index contributed by atoms with van der Waals surface area (Å²) in [4.78, 5) is 0. The third-order valence-corrected chi connectivity index (χ3v) is 3.95. The highest BCUT2D eigenvalue weighted by Crippen LogP contribution is 2.33. The number of para-hydroxylation sites is 1. The van der Waals surface area contributed by atoms with Crippen LogP contribution in [0.15, 0.2) is 46.9 Å². The molecule has 0 amide bonds. The molecule has 2 aromatic rings. The summed E-state index contributed by atoms with van der Waals surface area (Å²) in [7, 11) is 0. The van der Waals surface area contributed by atoms with E-state index >= 15 is 0 Å². The molecule has 0 aliphatic carbocycles. The van der Waals surface area contributed by atoms with Crippen molar-refractivity contribution in [3.05, 3.63) is 58.1 Å². The molecule has 0 aromatic heterocycles. The molecular formula is C18H22BrNO. The molecule has 112 valence electrons. The van der Waals surface area contributed by atoms with Gasteiger partial charge in [0.15, 0.2) is 0 Å². The number of rotatable bonds is 6. The molecule has 2 aromatic carbocycles. The quantitative estimate of drug-likeness (QED) is 0.733. The van der Waals surface area contributed by atoms with E-state index in [1.807, 2.05) is 30.3 Å². The van der Waals surface area contributed by atoms with Crippen LogP contribution < -0.4 is 10.1 Å². The van der Waals surface area contributed by atoms with E-state index in [0.717, 1.165) is 34.5 Å². The second-order valence-corrected chi connectivity index (χ2v) is 6.14. The predicted molar refractivity (Wildman–Crippen MR) is 92.1 cm³/mol. The molecule has 1 unspecified atom stereocenters. The maximum Gasteiger partial charge on any atom is 0.132 e. The summed E-state index contributed by atoms with van der Waals surface area (Å²) in [5.41, 5.74) is 2.31. The first-order chi connectivity index (χ1) is 10.1. The molecule has 0 radical (unpaired) electrons. The first-order valence-electron chi connectivity index (χ1n) is 7.38. The average Bonchev–Trinajstić information content (AvgIpc) is 2.48. The van der Waals surface area contributed by atoms with Gasteiger partial charge in [-0.3, -0.25) is 0 Å². The van der Waals surface area contributed by atoms with Gasteiger partial charge in [-0.25, -0.2) is 0 Å². The molecule has 0 saturated carbocycles. The van der Waals surface area contributed by atoms with Gasteiger partial charge in [0.05, 0.1) is 0 Å². The van der Waals surface area contributed by atoms with Crippen LogP contribution >= 0.6 is 15.9 Å². The van der Waals surface area contributed by atoms with Crippen molar-refractivity contribution >= 4 is 15.9 Å². The zero-order valence-electron chi connectivity index (χ0n) is 12.8. The third-order valence-electron chi connectivity index (χ3n) is 3.45. The average molecular weight is 348 g/mol. The number of hydrogen-bond donors (Lipinski definition) is 1. The van der Waals surface area contributed by atoms with Crippen LogP contribution in [0.5, 0.6) is 11.5 Å². The van der Waals surface area contributed by atoms with Crippen molar-refractivity contribution in [3.8, 4) is 11.5 Å². The minimum atomic E-state index is 0.251. The second kappa shape index (κ2) is 7.62. The van der Waals surface area contributed by atoms with E-state index in [1.54, 1.807) is 0 Å². The van der Waals surface area contributed by atoms with Gasteiger partial charge < -0.3 is 10.1 Å². The highest BCUT2D eigenvalue weighted by molar-refractivity contribution is 9.10. The Morgan fingerprint density at radius 2 is 1.90 bits per heavy atom. The van der Waals surface area contributed by atoms with Crippen LogP contribution in [0.1, 0.15) is 37.4 Å². The molecule has 0 spiro atoms. The molecule has 0 aliphatic heterocycles. The standard InChI is InChI=1S/C18H22BrNO/c1-4-11-20-14(3)16-12-15(19)9-10-18(16)21-17-8-6-5-7-13(17)2/h5-10,12,14,20H,4,11H2,1-3H3. The Balaban J connectivity index is 2.28. The molecule has 1 atom stereocenters. The van der Waals surface area contributed by atoms with Crippen LogP contribution in [-0.2, 0) is 0 Å². The van der Waals surface area contributed by atoms with E-state index in [-0.39, 0.29) is 6.04 Å². The number of benzene rings is 2. The molecule has 0 fully saturated rings. The van der Waals surface area contributed by atoms with Gasteiger partial charge in [0.1, 0.15) is 11.5 Å². The minimum absolute atomic E-state index is 0.251. The van der Waals surface area contributed by atoms with E-state index in [9.17, 15) is 0 Å². The van der Waals surface area contributed by atoms with Gasteiger partial charge in [-0.05, 0) is 56.6 Å². The van der Waals surface area contributed by atoms with Gasteiger partial charge in [0.2, 0.25) is 0 Å². The van der Waals surface area contributed by atoms with Crippen molar-refractivity contribution in [3.63, 3.8) is 0 Å². The van der Waals surface area contributed by atoms with E-state index in [0.29, 0.717) is 0 Å². The Morgan fingerprint density at radius 3 is 2.62 bits per heavy atom. The largest absolute Gasteiger partial charge is 0.457 e. The molecule has 0 saturated heterocycles. The van der Waals surface area contributed by atoms with Crippen molar-refractivity contribution in [1.29, 1.82) is 0 Å². The molecule has 3 heteroatoms. The van der Waals surface area contributed by atoms with Crippen molar-refractivity contribution in [1.82, 2.24) is 5.32 Å². The lowest BCUT2D eigenvalue weighted by Crippen LogP contribution is -2.19. The topological polar surface area (TPSA) is 21.3 Å². The van der Waals surface area contributed by atoms with Crippen molar-refractivity contribution in [2.24, 2.45) is 0 Å². The van der Waals surface area contributed by atoms with Crippen LogP contribution in [-0.4, -0.2) is 6.54 Å². The van der Waals surface area contributed by atoms with Crippen LogP contribution in [0.2, 0.25) is 0 Å². The lowest BCUT2D eigenvalue weighted by Gasteiger charge is -2.19. The Labute approximate surface area is 135 Å². The third kappa shape index (κ3) is 4.32. The van der Waals surface area contributed by atoms with Crippen molar-refractivity contribution < 1.29 is 4.74 Å². The Hall–Kier alpha value is -1.32. The molecule has 2 rings (SSSR count). The number of hydrogen-bond acceptors (Lipinski definition) is 2. The summed E-state index contributed by atoms with van der Waals surface area (Å²) >= 11 is 3.55. The molecule has 0 bridgehead atoms. The van der Waals surface area contributed by atoms with Gasteiger partial charge in [-0.15, -0.1) is 0 Å². The SMILES string of the molecule is CCCNC(C)c1cc(Br)ccc1Oc1ccccc1C. The number of ether oxygens (including phenoxy) is 1. The predicted octanol–water partition coefficient (Wildman–Crippen LogP) is 5.61. The lowest BCUT2D eigenvalue weighted by molar-refractivity contribution is 0.458.